The standard InChI is InChI=1S/C22H24F2O6/c1-11-3-4-13(7-12(11)2)22-28-18-10-27-21(14-5-6-15(23)16(24)8-14)30-20(18)19(29-22)17(26)9-25/h3-8,17-22,25-26H,9-10H2,1-2H3/t17-,18+,19-,20-,21?,22?/m1/s1. The summed E-state index contributed by atoms with van der Waals surface area (Å²) in [6.45, 7) is 3.53. The Morgan fingerprint density at radius 2 is 1.67 bits per heavy atom. The smallest absolute Gasteiger partial charge is 0.184 e. The van der Waals surface area contributed by atoms with Crippen molar-refractivity contribution in [3.63, 3.8) is 0 Å². The van der Waals surface area contributed by atoms with Crippen LogP contribution < -0.4 is 0 Å². The van der Waals surface area contributed by atoms with Crippen molar-refractivity contribution in [3.8, 4) is 0 Å². The third-order valence-corrected chi connectivity index (χ3v) is 5.55. The van der Waals surface area contributed by atoms with Gasteiger partial charge in [0.05, 0.1) is 13.2 Å². The van der Waals surface area contributed by atoms with Gasteiger partial charge >= 0.3 is 0 Å². The molecule has 0 saturated carbocycles. The molecule has 0 amide bonds. The van der Waals surface area contributed by atoms with Gasteiger partial charge in [0.15, 0.2) is 24.2 Å². The van der Waals surface area contributed by atoms with Crippen LogP contribution in [0.1, 0.15) is 34.8 Å². The van der Waals surface area contributed by atoms with Crippen molar-refractivity contribution < 1.29 is 37.9 Å². The first-order chi connectivity index (χ1) is 14.4. The van der Waals surface area contributed by atoms with Crippen LogP contribution in [0.15, 0.2) is 36.4 Å². The number of ether oxygens (including phenoxy) is 4. The highest BCUT2D eigenvalue weighted by Crippen LogP contribution is 2.39. The van der Waals surface area contributed by atoms with Gasteiger partial charge in [-0.25, -0.2) is 8.78 Å². The molecule has 2 unspecified atom stereocenters. The van der Waals surface area contributed by atoms with Crippen LogP contribution in [0.25, 0.3) is 0 Å². The number of halogens is 2. The molecule has 30 heavy (non-hydrogen) atoms. The predicted octanol–water partition coefficient (Wildman–Crippen LogP) is 2.83. The Labute approximate surface area is 172 Å². The van der Waals surface area contributed by atoms with E-state index in [2.05, 4.69) is 0 Å². The largest absolute Gasteiger partial charge is 0.394 e. The van der Waals surface area contributed by atoms with E-state index >= 15 is 0 Å². The summed E-state index contributed by atoms with van der Waals surface area (Å²) in [6, 6.07) is 9.13. The van der Waals surface area contributed by atoms with Crippen LogP contribution in [0.2, 0.25) is 0 Å². The van der Waals surface area contributed by atoms with Gasteiger partial charge in [-0.1, -0.05) is 24.3 Å². The number of fused-ring (bicyclic) bond motifs is 1. The van der Waals surface area contributed by atoms with Gasteiger partial charge in [0.1, 0.15) is 24.4 Å². The number of aliphatic hydroxyl groups is 2. The summed E-state index contributed by atoms with van der Waals surface area (Å²) in [5.74, 6) is -1.98. The van der Waals surface area contributed by atoms with Crippen molar-refractivity contribution in [2.45, 2.75) is 50.8 Å². The zero-order valence-corrected chi connectivity index (χ0v) is 16.6. The monoisotopic (exact) mass is 422 g/mol. The lowest BCUT2D eigenvalue weighted by Gasteiger charge is -2.47. The maximum Gasteiger partial charge on any atom is 0.184 e. The van der Waals surface area contributed by atoms with E-state index in [4.69, 9.17) is 18.9 Å². The second-order valence-corrected chi connectivity index (χ2v) is 7.64. The van der Waals surface area contributed by atoms with Gasteiger partial charge in [0, 0.05) is 11.1 Å². The van der Waals surface area contributed by atoms with Gasteiger partial charge in [-0.2, -0.15) is 0 Å². The molecule has 162 valence electrons. The summed E-state index contributed by atoms with van der Waals surface area (Å²) in [7, 11) is 0. The maximum absolute atomic E-state index is 13.6. The molecule has 8 heteroatoms. The van der Waals surface area contributed by atoms with Gasteiger partial charge in [-0.05, 0) is 37.1 Å². The minimum atomic E-state index is -1.22. The highest BCUT2D eigenvalue weighted by Gasteiger charge is 2.48. The first-order valence-electron chi connectivity index (χ1n) is 9.76. The molecule has 4 rings (SSSR count). The van der Waals surface area contributed by atoms with Crippen molar-refractivity contribution in [2.24, 2.45) is 0 Å². The molecule has 0 radical (unpaired) electrons. The summed E-state index contributed by atoms with van der Waals surface area (Å²) >= 11 is 0. The number of benzene rings is 2. The Kier molecular flexibility index (Phi) is 6.15. The van der Waals surface area contributed by atoms with Gasteiger partial charge in [0.2, 0.25) is 0 Å². The molecular formula is C22H24F2O6. The minimum Gasteiger partial charge on any atom is -0.394 e. The van der Waals surface area contributed by atoms with Crippen LogP contribution in [0.3, 0.4) is 0 Å². The first kappa shape index (κ1) is 21.3. The number of aryl methyl sites for hydroxylation is 2. The molecule has 6 atom stereocenters. The van der Waals surface area contributed by atoms with E-state index in [1.165, 1.54) is 6.07 Å². The third kappa shape index (κ3) is 4.12. The predicted molar refractivity (Wildman–Crippen MR) is 101 cm³/mol. The molecule has 2 fully saturated rings. The normalized spacial score (nSPS) is 30.0. The van der Waals surface area contributed by atoms with E-state index in [1.807, 2.05) is 32.0 Å². The zero-order valence-electron chi connectivity index (χ0n) is 16.6. The van der Waals surface area contributed by atoms with Crippen molar-refractivity contribution in [2.75, 3.05) is 13.2 Å². The summed E-state index contributed by atoms with van der Waals surface area (Å²) in [5, 5.41) is 19.9. The van der Waals surface area contributed by atoms with Crippen LogP contribution in [0, 0.1) is 25.5 Å². The van der Waals surface area contributed by atoms with E-state index < -0.39 is 55.2 Å². The summed E-state index contributed by atoms with van der Waals surface area (Å²) in [6.07, 6.45) is -5.25. The average Bonchev–Trinajstić information content (AvgIpc) is 2.75. The zero-order chi connectivity index (χ0) is 21.4. The highest BCUT2D eigenvalue weighted by atomic mass is 19.2. The molecule has 2 N–H and O–H groups in total. The van der Waals surface area contributed by atoms with Crippen LogP contribution in [0.4, 0.5) is 8.78 Å². The summed E-state index contributed by atoms with van der Waals surface area (Å²) in [5.41, 5.74) is 3.25. The lowest BCUT2D eigenvalue weighted by atomic mass is 9.99. The number of aliphatic hydroxyl groups excluding tert-OH is 2. The van der Waals surface area contributed by atoms with Crippen LogP contribution in [-0.2, 0) is 18.9 Å². The molecule has 2 aromatic carbocycles. The second-order valence-electron chi connectivity index (χ2n) is 7.64. The minimum absolute atomic E-state index is 0.0910. The van der Waals surface area contributed by atoms with Crippen molar-refractivity contribution in [3.05, 3.63) is 70.3 Å². The van der Waals surface area contributed by atoms with Gasteiger partial charge in [-0.15, -0.1) is 0 Å². The molecule has 2 heterocycles. The number of hydrogen-bond acceptors (Lipinski definition) is 6. The second kappa shape index (κ2) is 8.66. The van der Waals surface area contributed by atoms with Crippen molar-refractivity contribution in [1.82, 2.24) is 0 Å². The molecule has 6 nitrogen and oxygen atoms in total. The summed E-state index contributed by atoms with van der Waals surface area (Å²) in [4.78, 5) is 0. The first-order valence-corrected chi connectivity index (χ1v) is 9.76. The fraction of sp³-hybridized carbons (Fsp3) is 0.455. The molecule has 2 saturated heterocycles. The molecule has 0 spiro atoms. The van der Waals surface area contributed by atoms with Crippen LogP contribution >= 0.6 is 0 Å². The Morgan fingerprint density at radius 3 is 2.37 bits per heavy atom. The molecule has 2 aromatic rings. The lowest BCUT2D eigenvalue weighted by Crippen LogP contribution is -2.58. The third-order valence-electron chi connectivity index (χ3n) is 5.55. The van der Waals surface area contributed by atoms with E-state index in [0.29, 0.717) is 5.56 Å². The maximum atomic E-state index is 13.6. The van der Waals surface area contributed by atoms with Crippen LogP contribution in [0.5, 0.6) is 0 Å². The van der Waals surface area contributed by atoms with E-state index in [0.717, 1.165) is 28.8 Å². The Morgan fingerprint density at radius 1 is 0.933 bits per heavy atom. The molecule has 0 bridgehead atoms. The molecule has 0 aliphatic carbocycles. The Hall–Kier alpha value is -1.94. The fourth-order valence-corrected chi connectivity index (χ4v) is 3.68. The molecule has 0 aromatic heterocycles. The average molecular weight is 422 g/mol. The summed E-state index contributed by atoms with van der Waals surface area (Å²) < 4.78 is 50.4. The Bertz CT molecular complexity index is 905. The molecule has 2 aliphatic rings. The van der Waals surface area contributed by atoms with Gasteiger partial charge in [0.25, 0.3) is 0 Å². The van der Waals surface area contributed by atoms with Crippen molar-refractivity contribution in [1.29, 1.82) is 0 Å². The fourth-order valence-electron chi connectivity index (χ4n) is 3.68. The number of hydrogen-bond donors (Lipinski definition) is 2. The van der Waals surface area contributed by atoms with E-state index in [-0.39, 0.29) is 6.61 Å². The lowest BCUT2D eigenvalue weighted by molar-refractivity contribution is -0.373. The van der Waals surface area contributed by atoms with Gasteiger partial charge < -0.3 is 29.2 Å². The number of rotatable bonds is 4. The SMILES string of the molecule is Cc1ccc(C2O[C@H]([C@H](O)CO)[C@@H]3OC(c4ccc(F)c(F)c4)OC[C@@H]3O2)cc1C. The van der Waals surface area contributed by atoms with E-state index in [9.17, 15) is 19.0 Å². The molecular weight excluding hydrogens is 398 g/mol. The molecule has 2 aliphatic heterocycles. The van der Waals surface area contributed by atoms with Crippen LogP contribution in [-0.4, -0.2) is 47.8 Å². The van der Waals surface area contributed by atoms with Gasteiger partial charge in [-0.3, -0.25) is 0 Å². The Balaban J connectivity index is 1.57. The van der Waals surface area contributed by atoms with E-state index in [1.54, 1.807) is 0 Å². The topological polar surface area (TPSA) is 77.4 Å². The highest BCUT2D eigenvalue weighted by molar-refractivity contribution is 5.31. The van der Waals surface area contributed by atoms with Crippen molar-refractivity contribution >= 4 is 0 Å². The quantitative estimate of drug-likeness (QED) is 0.789.